The number of benzene rings is 1. The molecule has 1 aromatic carbocycles. The number of amides is 2. The quantitative estimate of drug-likeness (QED) is 0.817. The van der Waals surface area contributed by atoms with E-state index in [1.165, 1.54) is 0 Å². The number of carbonyl (C=O) groups is 2. The Morgan fingerprint density at radius 2 is 2.05 bits per heavy atom. The molecule has 0 radical (unpaired) electrons. The van der Waals surface area contributed by atoms with Crippen molar-refractivity contribution < 1.29 is 9.59 Å². The van der Waals surface area contributed by atoms with Crippen LogP contribution < -0.4 is 10.6 Å². The van der Waals surface area contributed by atoms with E-state index in [4.69, 9.17) is 12.2 Å². The minimum Gasteiger partial charge on any atom is -0.351 e. The maximum atomic E-state index is 11.9. The van der Waals surface area contributed by atoms with E-state index in [1.54, 1.807) is 11.8 Å². The monoisotopic (exact) mass is 305 g/mol. The first-order chi connectivity index (χ1) is 10.0. The third-order valence-corrected chi connectivity index (χ3v) is 3.62. The van der Waals surface area contributed by atoms with E-state index in [0.717, 1.165) is 17.7 Å². The molecular weight excluding hydrogens is 286 g/mol. The van der Waals surface area contributed by atoms with Gasteiger partial charge in [0.25, 0.3) is 5.91 Å². The number of nitrogens with zero attached hydrogens (tertiary/aromatic N) is 1. The van der Waals surface area contributed by atoms with Gasteiger partial charge >= 0.3 is 0 Å². The van der Waals surface area contributed by atoms with Crippen LogP contribution in [0.3, 0.4) is 0 Å². The molecule has 112 valence electrons. The van der Waals surface area contributed by atoms with Crippen LogP contribution in [0.4, 0.5) is 5.69 Å². The second-order valence-electron chi connectivity index (χ2n) is 5.09. The largest absolute Gasteiger partial charge is 0.351 e. The van der Waals surface area contributed by atoms with Crippen molar-refractivity contribution in [1.29, 1.82) is 0 Å². The van der Waals surface area contributed by atoms with Crippen LogP contribution in [0.15, 0.2) is 24.3 Å². The topological polar surface area (TPSA) is 61.4 Å². The maximum Gasteiger partial charge on any atom is 0.251 e. The predicted molar refractivity (Wildman–Crippen MR) is 85.7 cm³/mol. The van der Waals surface area contributed by atoms with Crippen molar-refractivity contribution in [3.05, 3.63) is 29.8 Å². The summed E-state index contributed by atoms with van der Waals surface area (Å²) in [7, 11) is 0. The first-order valence-corrected chi connectivity index (χ1v) is 7.42. The van der Waals surface area contributed by atoms with Crippen LogP contribution in [-0.2, 0) is 16.1 Å². The summed E-state index contributed by atoms with van der Waals surface area (Å²) in [5, 5.41) is 6.24. The van der Waals surface area contributed by atoms with E-state index in [9.17, 15) is 9.59 Å². The fourth-order valence-electron chi connectivity index (χ4n) is 2.14. The normalized spacial score (nSPS) is 17.8. The molecule has 0 spiro atoms. The Kier molecular flexibility index (Phi) is 4.90. The zero-order valence-electron chi connectivity index (χ0n) is 12.2. The summed E-state index contributed by atoms with van der Waals surface area (Å²) in [5.74, 6) is -0.000464. The molecule has 1 aromatic rings. The highest BCUT2D eigenvalue weighted by Gasteiger charge is 2.31. The molecule has 0 aromatic heterocycles. The van der Waals surface area contributed by atoms with Gasteiger partial charge in [0.1, 0.15) is 6.04 Å². The molecule has 1 fully saturated rings. The van der Waals surface area contributed by atoms with Gasteiger partial charge in [-0.3, -0.25) is 14.5 Å². The molecule has 21 heavy (non-hydrogen) atoms. The molecule has 2 rings (SSSR count). The number of carbonyl (C=O) groups excluding carboxylic acids is 2. The first kappa shape index (κ1) is 15.4. The van der Waals surface area contributed by atoms with Gasteiger partial charge in [0, 0.05) is 12.1 Å². The molecule has 1 saturated heterocycles. The van der Waals surface area contributed by atoms with Gasteiger partial charge in [0.05, 0.1) is 6.54 Å². The minimum atomic E-state index is -0.259. The molecule has 1 aliphatic heterocycles. The Labute approximate surface area is 129 Å². The molecule has 6 heteroatoms. The fourth-order valence-corrected chi connectivity index (χ4v) is 2.47. The van der Waals surface area contributed by atoms with Crippen LogP contribution in [0.25, 0.3) is 0 Å². The van der Waals surface area contributed by atoms with Crippen molar-refractivity contribution in [2.24, 2.45) is 0 Å². The lowest BCUT2D eigenvalue weighted by Gasteiger charge is -2.15. The van der Waals surface area contributed by atoms with Crippen molar-refractivity contribution in [3.8, 4) is 0 Å². The van der Waals surface area contributed by atoms with Gasteiger partial charge in [-0.1, -0.05) is 19.1 Å². The summed E-state index contributed by atoms with van der Waals surface area (Å²) in [6.07, 6.45) is 1.34. The number of nitrogens with one attached hydrogen (secondary N) is 2. The van der Waals surface area contributed by atoms with Crippen LogP contribution in [0.2, 0.25) is 0 Å². The first-order valence-electron chi connectivity index (χ1n) is 7.02. The van der Waals surface area contributed by atoms with Gasteiger partial charge in [-0.2, -0.15) is 0 Å². The molecule has 0 aliphatic carbocycles. The molecule has 1 heterocycles. The van der Waals surface area contributed by atoms with Crippen LogP contribution in [0, 0.1) is 0 Å². The summed E-state index contributed by atoms with van der Waals surface area (Å²) in [6, 6.07) is 7.19. The number of rotatable bonds is 5. The Morgan fingerprint density at radius 3 is 2.57 bits per heavy atom. The molecule has 5 nitrogen and oxygen atoms in total. The molecule has 0 saturated carbocycles. The zero-order valence-corrected chi connectivity index (χ0v) is 13.0. The van der Waals surface area contributed by atoms with Crippen LogP contribution >= 0.6 is 12.2 Å². The standard InChI is InChI=1S/C15H19N3O2S/c1-3-4-13(19)17-12-7-5-11(6-8-12)9-18-14(20)10(2)16-15(18)21/h5-8,10H,3-4,9H2,1-2H3,(H,16,21)(H,17,19). The summed E-state index contributed by atoms with van der Waals surface area (Å²) in [4.78, 5) is 25.0. The molecule has 1 unspecified atom stereocenters. The number of hydrogen-bond acceptors (Lipinski definition) is 3. The van der Waals surface area contributed by atoms with Gasteiger partial charge < -0.3 is 10.6 Å². The highest BCUT2D eigenvalue weighted by atomic mass is 32.1. The summed E-state index contributed by atoms with van der Waals surface area (Å²) in [6.45, 7) is 4.20. The Morgan fingerprint density at radius 1 is 1.38 bits per heavy atom. The van der Waals surface area contributed by atoms with E-state index in [1.807, 2.05) is 31.2 Å². The average molecular weight is 305 g/mol. The van der Waals surface area contributed by atoms with Crippen LogP contribution in [0.1, 0.15) is 32.3 Å². The van der Waals surface area contributed by atoms with Gasteiger partial charge in [0.2, 0.25) is 5.91 Å². The minimum absolute atomic E-state index is 0.0131. The molecule has 1 aliphatic rings. The Hall–Kier alpha value is -1.95. The second-order valence-corrected chi connectivity index (χ2v) is 5.48. The predicted octanol–water partition coefficient (Wildman–Crippen LogP) is 2.03. The van der Waals surface area contributed by atoms with E-state index in [-0.39, 0.29) is 17.9 Å². The lowest BCUT2D eigenvalue weighted by Crippen LogP contribution is -2.30. The van der Waals surface area contributed by atoms with Gasteiger partial charge in [0.15, 0.2) is 5.11 Å². The molecule has 0 bridgehead atoms. The zero-order chi connectivity index (χ0) is 15.4. The van der Waals surface area contributed by atoms with E-state index >= 15 is 0 Å². The highest BCUT2D eigenvalue weighted by Crippen LogP contribution is 2.15. The lowest BCUT2D eigenvalue weighted by atomic mass is 10.2. The van der Waals surface area contributed by atoms with Crippen molar-refractivity contribution in [2.75, 3.05) is 5.32 Å². The number of anilines is 1. The van der Waals surface area contributed by atoms with Crippen molar-refractivity contribution in [2.45, 2.75) is 39.3 Å². The van der Waals surface area contributed by atoms with Crippen molar-refractivity contribution >= 4 is 34.8 Å². The van der Waals surface area contributed by atoms with E-state index < -0.39 is 0 Å². The second kappa shape index (κ2) is 6.67. The van der Waals surface area contributed by atoms with Gasteiger partial charge in [-0.15, -0.1) is 0 Å². The third-order valence-electron chi connectivity index (χ3n) is 3.28. The van der Waals surface area contributed by atoms with E-state index in [0.29, 0.717) is 18.1 Å². The van der Waals surface area contributed by atoms with E-state index in [2.05, 4.69) is 10.6 Å². The Balaban J connectivity index is 1.98. The lowest BCUT2D eigenvalue weighted by molar-refractivity contribution is -0.127. The Bertz CT molecular complexity index is 557. The molecule has 1 atom stereocenters. The summed E-state index contributed by atoms with van der Waals surface area (Å²) >= 11 is 5.14. The molecule has 2 N–H and O–H groups in total. The van der Waals surface area contributed by atoms with Gasteiger partial charge in [-0.05, 0) is 43.3 Å². The van der Waals surface area contributed by atoms with Crippen LogP contribution in [0.5, 0.6) is 0 Å². The summed E-state index contributed by atoms with van der Waals surface area (Å²) in [5.41, 5.74) is 1.73. The highest BCUT2D eigenvalue weighted by molar-refractivity contribution is 7.80. The average Bonchev–Trinajstić information content (AvgIpc) is 2.68. The third kappa shape index (κ3) is 3.78. The smallest absolute Gasteiger partial charge is 0.251 e. The summed E-state index contributed by atoms with van der Waals surface area (Å²) < 4.78 is 0. The SMILES string of the molecule is CCCC(=O)Nc1ccc(CN2C(=O)C(C)NC2=S)cc1. The molecular formula is C15H19N3O2S. The molecule has 2 amide bonds. The number of thiocarbonyl (C=S) groups is 1. The van der Waals surface area contributed by atoms with Crippen LogP contribution in [-0.4, -0.2) is 27.9 Å². The van der Waals surface area contributed by atoms with Gasteiger partial charge in [-0.25, -0.2) is 0 Å². The maximum absolute atomic E-state index is 11.9. The van der Waals surface area contributed by atoms with Crippen molar-refractivity contribution in [3.63, 3.8) is 0 Å². The number of hydrogen-bond donors (Lipinski definition) is 2. The fraction of sp³-hybridized carbons (Fsp3) is 0.400. The van der Waals surface area contributed by atoms with Crippen molar-refractivity contribution in [1.82, 2.24) is 10.2 Å².